The number of carbonyl (C=O) groups excluding carboxylic acids is 3. The molecule has 1 fully saturated rings. The van der Waals surface area contributed by atoms with Crippen molar-refractivity contribution in [1.82, 2.24) is 4.90 Å². The van der Waals surface area contributed by atoms with E-state index in [0.29, 0.717) is 11.3 Å². The molecule has 4 rings (SSSR count). The first-order valence-electron chi connectivity index (χ1n) is 9.28. The number of anilines is 1. The molecule has 2 heterocycles. The molecule has 2 aromatic carbocycles. The third-order valence-electron chi connectivity index (χ3n) is 5.17. The molecule has 2 atom stereocenters. The van der Waals surface area contributed by atoms with Gasteiger partial charge >= 0.3 is 5.97 Å². The Kier molecular flexibility index (Phi) is 5.03. The van der Waals surface area contributed by atoms with Crippen LogP contribution in [0.3, 0.4) is 0 Å². The van der Waals surface area contributed by atoms with Crippen LogP contribution in [0.5, 0.6) is 11.5 Å². The summed E-state index contributed by atoms with van der Waals surface area (Å²) in [7, 11) is 2.84. The number of fused-ring (bicyclic) bond motifs is 1. The number of amides is 2. The number of benzene rings is 2. The number of nitrogens with zero attached hydrogens (tertiary/aromatic N) is 1. The van der Waals surface area contributed by atoms with Crippen LogP contribution in [0.25, 0.3) is 0 Å². The first kappa shape index (κ1) is 19.7. The fraction of sp³-hybridized carbons (Fsp3) is 0.286. The Morgan fingerprint density at radius 1 is 1.20 bits per heavy atom. The highest BCUT2D eigenvalue weighted by Crippen LogP contribution is 2.45. The van der Waals surface area contributed by atoms with Crippen LogP contribution in [-0.2, 0) is 14.3 Å². The Bertz CT molecular complexity index is 1040. The van der Waals surface area contributed by atoms with Crippen molar-refractivity contribution >= 4 is 23.5 Å². The van der Waals surface area contributed by atoms with Gasteiger partial charge in [0, 0.05) is 17.7 Å². The van der Waals surface area contributed by atoms with E-state index in [9.17, 15) is 18.8 Å². The van der Waals surface area contributed by atoms with Gasteiger partial charge in [0.15, 0.2) is 11.5 Å². The Labute approximate surface area is 171 Å². The van der Waals surface area contributed by atoms with Gasteiger partial charge in [0.05, 0.1) is 14.2 Å². The van der Waals surface area contributed by atoms with E-state index in [1.54, 1.807) is 18.2 Å². The van der Waals surface area contributed by atoms with Gasteiger partial charge in [-0.05, 0) is 36.8 Å². The zero-order valence-corrected chi connectivity index (χ0v) is 16.3. The van der Waals surface area contributed by atoms with E-state index in [0.717, 1.165) is 0 Å². The lowest BCUT2D eigenvalue weighted by atomic mass is 10.1. The van der Waals surface area contributed by atoms with Gasteiger partial charge in [0.25, 0.3) is 0 Å². The quantitative estimate of drug-likeness (QED) is 0.756. The number of hydrogen-bond donors (Lipinski definition) is 1. The summed E-state index contributed by atoms with van der Waals surface area (Å²) in [5.41, 5.74) is 0.844. The van der Waals surface area contributed by atoms with Crippen LogP contribution >= 0.6 is 0 Å². The molecule has 2 aliphatic heterocycles. The fourth-order valence-electron chi connectivity index (χ4n) is 3.83. The van der Waals surface area contributed by atoms with E-state index in [4.69, 9.17) is 14.2 Å². The van der Waals surface area contributed by atoms with Crippen LogP contribution in [0, 0.1) is 5.82 Å². The van der Waals surface area contributed by atoms with E-state index in [1.807, 2.05) is 0 Å². The maximum atomic E-state index is 13.4. The minimum Gasteiger partial charge on any atom is -0.493 e. The molecule has 0 bridgehead atoms. The Balaban J connectivity index is 1.65. The minimum absolute atomic E-state index is 0.123. The topological polar surface area (TPSA) is 94.2 Å². The van der Waals surface area contributed by atoms with E-state index >= 15 is 0 Å². The number of esters is 1. The number of ether oxygens (including phenoxy) is 3. The highest BCUT2D eigenvalue weighted by atomic mass is 19.1. The molecule has 30 heavy (non-hydrogen) atoms. The average molecular weight is 414 g/mol. The van der Waals surface area contributed by atoms with Gasteiger partial charge in [-0.2, -0.15) is 0 Å². The first-order valence-corrected chi connectivity index (χ1v) is 9.28. The molecule has 1 saturated heterocycles. The third kappa shape index (κ3) is 3.22. The second-order valence-electron chi connectivity index (χ2n) is 6.88. The average Bonchev–Trinajstić information content (AvgIpc) is 3.27. The lowest BCUT2D eigenvalue weighted by Gasteiger charge is -2.29. The smallest absolute Gasteiger partial charge is 0.344 e. The maximum absolute atomic E-state index is 13.4. The van der Waals surface area contributed by atoms with Gasteiger partial charge in [-0.1, -0.05) is 6.07 Å². The molecule has 9 heteroatoms. The molecule has 2 aromatic rings. The fourth-order valence-corrected chi connectivity index (χ4v) is 3.83. The number of cyclic esters (lactones) is 1. The highest BCUT2D eigenvalue weighted by molar-refractivity contribution is 6.01. The molecule has 2 aliphatic rings. The predicted octanol–water partition coefficient (Wildman–Crippen LogP) is 2.64. The number of nitrogens with one attached hydrogen (secondary N) is 1. The Hall–Kier alpha value is -3.62. The van der Waals surface area contributed by atoms with E-state index in [-0.39, 0.29) is 35.7 Å². The van der Waals surface area contributed by atoms with E-state index in [2.05, 4.69) is 5.32 Å². The van der Waals surface area contributed by atoms with Crippen molar-refractivity contribution in [1.29, 1.82) is 0 Å². The van der Waals surface area contributed by atoms with Crippen LogP contribution in [0.1, 0.15) is 35.0 Å². The van der Waals surface area contributed by atoms with Crippen molar-refractivity contribution in [2.24, 2.45) is 0 Å². The molecular formula is C21H19FN2O6. The number of carbonyl (C=O) groups is 3. The van der Waals surface area contributed by atoms with Crippen molar-refractivity contribution < 1.29 is 33.0 Å². The van der Waals surface area contributed by atoms with Crippen LogP contribution in [-0.4, -0.2) is 42.9 Å². The van der Waals surface area contributed by atoms with E-state index in [1.165, 1.54) is 37.3 Å². The van der Waals surface area contributed by atoms with E-state index < -0.39 is 30.0 Å². The zero-order valence-electron chi connectivity index (χ0n) is 16.3. The summed E-state index contributed by atoms with van der Waals surface area (Å²) < 4.78 is 29.4. The molecule has 0 spiro atoms. The van der Waals surface area contributed by atoms with Gasteiger partial charge in [-0.25, -0.2) is 9.18 Å². The molecule has 1 N–H and O–H groups in total. The van der Waals surface area contributed by atoms with Gasteiger partial charge in [-0.3, -0.25) is 14.5 Å². The lowest BCUT2D eigenvalue weighted by molar-refractivity contribution is -0.144. The summed E-state index contributed by atoms with van der Waals surface area (Å²) in [4.78, 5) is 39.3. The molecule has 2 amide bonds. The van der Waals surface area contributed by atoms with Gasteiger partial charge in [0.1, 0.15) is 17.4 Å². The van der Waals surface area contributed by atoms with Crippen molar-refractivity contribution in [3.05, 3.63) is 53.3 Å². The van der Waals surface area contributed by atoms with Gasteiger partial charge < -0.3 is 19.5 Å². The summed E-state index contributed by atoms with van der Waals surface area (Å²) in [6.07, 6.45) is -0.695. The van der Waals surface area contributed by atoms with Crippen molar-refractivity contribution in [3.8, 4) is 11.5 Å². The number of halogens is 1. The summed E-state index contributed by atoms with van der Waals surface area (Å²) in [5.74, 6) is -1.43. The molecule has 0 aromatic heterocycles. The second kappa shape index (κ2) is 7.66. The normalized spacial score (nSPS) is 20.0. The van der Waals surface area contributed by atoms with Crippen LogP contribution < -0.4 is 14.8 Å². The van der Waals surface area contributed by atoms with Crippen molar-refractivity contribution in [2.45, 2.75) is 25.1 Å². The summed E-state index contributed by atoms with van der Waals surface area (Å²) >= 11 is 0. The Morgan fingerprint density at radius 2 is 2.00 bits per heavy atom. The van der Waals surface area contributed by atoms with Crippen LogP contribution in [0.15, 0.2) is 36.4 Å². The summed E-state index contributed by atoms with van der Waals surface area (Å²) in [5, 5.41) is 2.62. The minimum atomic E-state index is -1.06. The summed E-state index contributed by atoms with van der Waals surface area (Å²) in [6.45, 7) is 0. The number of rotatable bonds is 5. The monoisotopic (exact) mass is 414 g/mol. The first-order chi connectivity index (χ1) is 14.4. The molecule has 0 aliphatic carbocycles. The van der Waals surface area contributed by atoms with Crippen molar-refractivity contribution in [3.63, 3.8) is 0 Å². The Morgan fingerprint density at radius 3 is 2.70 bits per heavy atom. The van der Waals surface area contributed by atoms with Crippen molar-refractivity contribution in [2.75, 3.05) is 19.5 Å². The third-order valence-corrected chi connectivity index (χ3v) is 5.17. The SMILES string of the molecule is COc1ccc2c(c1OC)C(=O)OC2N1C(=O)CCC1C(=O)Nc1cccc(F)c1. The number of likely N-dealkylation sites (tertiary alicyclic amines) is 1. The zero-order chi connectivity index (χ0) is 21.4. The molecular weight excluding hydrogens is 395 g/mol. The second-order valence-corrected chi connectivity index (χ2v) is 6.88. The maximum Gasteiger partial charge on any atom is 0.344 e. The highest BCUT2D eigenvalue weighted by Gasteiger charge is 2.47. The summed E-state index contributed by atoms with van der Waals surface area (Å²) in [6, 6.07) is 7.80. The standard InChI is InChI=1S/C21H19FN2O6/c1-28-15-8-6-13-17(18(15)29-2)21(27)30-20(13)24-14(7-9-16(24)25)19(26)23-12-5-3-4-11(22)10-12/h3-6,8,10,14,20H,7,9H2,1-2H3,(H,23,26). The van der Waals surface area contributed by atoms with Crippen LogP contribution in [0.4, 0.5) is 10.1 Å². The number of methoxy groups -OCH3 is 2. The lowest BCUT2D eigenvalue weighted by Crippen LogP contribution is -2.43. The molecule has 0 saturated carbocycles. The molecule has 156 valence electrons. The number of hydrogen-bond acceptors (Lipinski definition) is 6. The van der Waals surface area contributed by atoms with Crippen LogP contribution in [0.2, 0.25) is 0 Å². The molecule has 8 nitrogen and oxygen atoms in total. The largest absolute Gasteiger partial charge is 0.493 e. The predicted molar refractivity (Wildman–Crippen MR) is 103 cm³/mol. The molecule has 0 radical (unpaired) electrons. The molecule has 2 unspecified atom stereocenters. The van der Waals surface area contributed by atoms with Gasteiger partial charge in [-0.15, -0.1) is 0 Å². The van der Waals surface area contributed by atoms with Gasteiger partial charge in [0.2, 0.25) is 18.0 Å².